The number of para-hydroxylation sites is 1. The van der Waals surface area contributed by atoms with Crippen LogP contribution in [0, 0.1) is 34.5 Å². The average Bonchev–Trinajstić information content (AvgIpc) is 3.55. The molecule has 6 heteroatoms. The van der Waals surface area contributed by atoms with Crippen molar-refractivity contribution in [3.63, 3.8) is 0 Å². The van der Waals surface area contributed by atoms with E-state index in [4.69, 9.17) is 4.74 Å². The lowest BCUT2D eigenvalue weighted by Gasteiger charge is -2.49. The summed E-state index contributed by atoms with van der Waals surface area (Å²) in [5.74, 6) is 2.82. The van der Waals surface area contributed by atoms with Gasteiger partial charge in [0.05, 0.1) is 30.0 Å². The number of hydrogen-bond acceptors (Lipinski definition) is 3. The Kier molecular flexibility index (Phi) is 1.45. The number of aromatic nitrogens is 3. The molecule has 3 aliphatic heterocycles. The normalized spacial score (nSPS) is 56.6. The number of hydrogen-bond donors (Lipinski definition) is 0. The van der Waals surface area contributed by atoms with E-state index < -0.39 is 0 Å². The van der Waals surface area contributed by atoms with Crippen LogP contribution in [0.4, 0.5) is 0 Å². The fourth-order valence-electron chi connectivity index (χ4n) is 9.27. The maximum atomic E-state index is 13.4. The standard InChI is InChI=1S/C20H17N3O3/c24-17-21(8-4-2-1-3-5-8)18(25)23-16-13-11-12(13)15(22(17)23)19-6-9-10(26-9)7-20(16,19)14(11)19/h1-5,9-16H,6-7H2/t9-,10+,11?,12?,13?,14?,15?,16?,19?,20?. The molecule has 0 N–H and O–H groups in total. The first-order chi connectivity index (χ1) is 12.7. The van der Waals surface area contributed by atoms with Gasteiger partial charge in [-0.2, -0.15) is 0 Å². The predicted octanol–water partition coefficient (Wildman–Crippen LogP) is 0.950. The highest BCUT2D eigenvalue weighted by Crippen LogP contribution is 3.05. The molecule has 6 fully saturated rings. The van der Waals surface area contributed by atoms with Crippen molar-refractivity contribution >= 4 is 0 Å². The molecule has 4 heterocycles. The van der Waals surface area contributed by atoms with Gasteiger partial charge in [-0.1, -0.05) is 18.2 Å². The lowest BCUT2D eigenvalue weighted by Crippen LogP contribution is -2.54. The van der Waals surface area contributed by atoms with Gasteiger partial charge in [0.2, 0.25) is 0 Å². The minimum atomic E-state index is -0.130. The van der Waals surface area contributed by atoms with Gasteiger partial charge in [0.15, 0.2) is 0 Å². The van der Waals surface area contributed by atoms with Crippen molar-refractivity contribution in [3.05, 3.63) is 51.3 Å². The Morgan fingerprint density at radius 1 is 0.846 bits per heavy atom. The number of ether oxygens (including phenoxy) is 1. The molecule has 5 saturated carbocycles. The molecule has 2 bridgehead atoms. The third-order valence-electron chi connectivity index (χ3n) is 9.57. The minimum absolute atomic E-state index is 0.130. The summed E-state index contributed by atoms with van der Waals surface area (Å²) in [6.45, 7) is 0. The van der Waals surface area contributed by atoms with Crippen LogP contribution in [0.2, 0.25) is 0 Å². The molecule has 8 unspecified atom stereocenters. The zero-order chi connectivity index (χ0) is 16.7. The number of nitrogens with zero attached hydrogens (tertiary/aromatic N) is 3. The van der Waals surface area contributed by atoms with Crippen LogP contribution in [0.3, 0.4) is 0 Å². The number of epoxide rings is 1. The molecule has 130 valence electrons. The smallest absolute Gasteiger partial charge is 0.352 e. The Hall–Kier alpha value is -2.08. The quantitative estimate of drug-likeness (QED) is 0.722. The van der Waals surface area contributed by atoms with E-state index in [9.17, 15) is 9.59 Å². The minimum Gasteiger partial charge on any atom is -0.370 e. The third kappa shape index (κ3) is 0.839. The van der Waals surface area contributed by atoms with Crippen LogP contribution in [0.15, 0.2) is 39.9 Å². The van der Waals surface area contributed by atoms with Crippen molar-refractivity contribution in [2.24, 2.45) is 34.5 Å². The topological polar surface area (TPSA) is 61.5 Å². The highest BCUT2D eigenvalue weighted by molar-refractivity contribution is 5.51. The molecule has 10 atom stereocenters. The molecular formula is C20H17N3O3. The van der Waals surface area contributed by atoms with E-state index in [1.54, 1.807) is 0 Å². The van der Waals surface area contributed by atoms with Gasteiger partial charge in [0.25, 0.3) is 0 Å². The molecule has 10 rings (SSSR count). The number of rotatable bonds is 1. The number of fused-ring (bicyclic) bond motifs is 1. The van der Waals surface area contributed by atoms with E-state index in [1.165, 1.54) is 4.57 Å². The molecule has 0 amide bonds. The Labute approximate surface area is 148 Å². The van der Waals surface area contributed by atoms with Crippen LogP contribution >= 0.6 is 0 Å². The van der Waals surface area contributed by atoms with Crippen LogP contribution < -0.4 is 11.4 Å². The van der Waals surface area contributed by atoms with Crippen LogP contribution in [-0.4, -0.2) is 26.1 Å². The van der Waals surface area contributed by atoms with Crippen molar-refractivity contribution in [1.82, 2.24) is 13.9 Å². The summed E-state index contributed by atoms with van der Waals surface area (Å²) in [4.78, 5) is 26.8. The van der Waals surface area contributed by atoms with Crippen LogP contribution in [0.5, 0.6) is 0 Å². The van der Waals surface area contributed by atoms with Crippen molar-refractivity contribution < 1.29 is 4.74 Å². The fraction of sp³-hybridized carbons (Fsp3) is 0.600. The first kappa shape index (κ1) is 12.3. The molecule has 8 aliphatic rings. The van der Waals surface area contributed by atoms with Gasteiger partial charge >= 0.3 is 11.4 Å². The first-order valence-corrected chi connectivity index (χ1v) is 9.89. The molecule has 1 aromatic carbocycles. The monoisotopic (exact) mass is 347 g/mol. The zero-order valence-electron chi connectivity index (χ0n) is 14.0. The summed E-state index contributed by atoms with van der Waals surface area (Å²) in [6, 6.07) is 9.88. The van der Waals surface area contributed by atoms with Gasteiger partial charge in [-0.3, -0.25) is 0 Å². The zero-order valence-corrected chi connectivity index (χ0v) is 14.0. The SMILES string of the molecule is O=c1n(-c2ccccc2)c(=O)n2n1C1C3C4C3C3C15C[C@@H]1O[C@@H]1CC35C42. The van der Waals surface area contributed by atoms with E-state index in [1.807, 2.05) is 39.7 Å². The van der Waals surface area contributed by atoms with Crippen LogP contribution in [0.1, 0.15) is 24.9 Å². The van der Waals surface area contributed by atoms with Gasteiger partial charge in [0, 0.05) is 10.8 Å². The van der Waals surface area contributed by atoms with Crippen molar-refractivity contribution in [2.45, 2.75) is 37.1 Å². The van der Waals surface area contributed by atoms with E-state index in [-0.39, 0.29) is 34.3 Å². The fourth-order valence-corrected chi connectivity index (χ4v) is 9.27. The van der Waals surface area contributed by atoms with E-state index >= 15 is 0 Å². The summed E-state index contributed by atoms with van der Waals surface area (Å²) in [6.07, 6.45) is 3.10. The highest BCUT2D eigenvalue weighted by atomic mass is 16.6. The molecule has 2 aromatic rings. The predicted molar refractivity (Wildman–Crippen MR) is 89.1 cm³/mol. The van der Waals surface area contributed by atoms with Crippen molar-refractivity contribution in [3.8, 4) is 5.69 Å². The van der Waals surface area contributed by atoms with Gasteiger partial charge in [-0.25, -0.2) is 23.5 Å². The van der Waals surface area contributed by atoms with Crippen molar-refractivity contribution in [2.75, 3.05) is 0 Å². The molecule has 1 aromatic heterocycles. The lowest BCUT2D eigenvalue weighted by molar-refractivity contribution is -0.0170. The summed E-state index contributed by atoms with van der Waals surface area (Å²) in [5, 5.41) is 0. The Balaban J connectivity index is 1.38. The van der Waals surface area contributed by atoms with E-state index in [0.29, 0.717) is 29.7 Å². The number of benzene rings is 1. The molecule has 2 spiro atoms. The van der Waals surface area contributed by atoms with Crippen LogP contribution in [-0.2, 0) is 4.74 Å². The molecule has 1 saturated heterocycles. The molecule has 6 nitrogen and oxygen atoms in total. The second kappa shape index (κ2) is 3.07. The average molecular weight is 347 g/mol. The summed E-state index contributed by atoms with van der Waals surface area (Å²) in [7, 11) is 0. The third-order valence-corrected chi connectivity index (χ3v) is 9.57. The molecule has 26 heavy (non-hydrogen) atoms. The molecule has 5 aliphatic carbocycles. The maximum Gasteiger partial charge on any atom is 0.352 e. The van der Waals surface area contributed by atoms with Gasteiger partial charge in [-0.05, 0) is 48.6 Å². The Morgan fingerprint density at radius 3 is 2.00 bits per heavy atom. The second-order valence-electron chi connectivity index (χ2n) is 9.73. The molecular weight excluding hydrogens is 330 g/mol. The Morgan fingerprint density at radius 2 is 1.42 bits per heavy atom. The Bertz CT molecular complexity index is 1120. The maximum absolute atomic E-state index is 13.4. The van der Waals surface area contributed by atoms with Crippen molar-refractivity contribution in [1.29, 1.82) is 0 Å². The van der Waals surface area contributed by atoms with Crippen LogP contribution in [0.25, 0.3) is 5.69 Å². The van der Waals surface area contributed by atoms with E-state index in [2.05, 4.69) is 0 Å². The van der Waals surface area contributed by atoms with E-state index in [0.717, 1.165) is 24.7 Å². The lowest BCUT2D eigenvalue weighted by atomic mass is 9.65. The van der Waals surface area contributed by atoms with Gasteiger partial charge < -0.3 is 4.74 Å². The largest absolute Gasteiger partial charge is 0.370 e. The van der Waals surface area contributed by atoms with Gasteiger partial charge in [-0.15, -0.1) is 0 Å². The summed E-state index contributed by atoms with van der Waals surface area (Å²) < 4.78 is 11.1. The highest BCUT2D eigenvalue weighted by Gasteiger charge is 3.04. The first-order valence-electron chi connectivity index (χ1n) is 9.89. The summed E-state index contributed by atoms with van der Waals surface area (Å²) >= 11 is 0. The second-order valence-corrected chi connectivity index (χ2v) is 9.73. The molecule has 0 radical (unpaired) electrons. The van der Waals surface area contributed by atoms with Gasteiger partial charge in [0.1, 0.15) is 0 Å². The summed E-state index contributed by atoms with van der Waals surface area (Å²) in [5.41, 5.74) is 0.955.